The molecule has 0 atom stereocenters. The summed E-state index contributed by atoms with van der Waals surface area (Å²) < 4.78 is 5.50. The summed E-state index contributed by atoms with van der Waals surface area (Å²) in [4.78, 5) is 24.1. The SMILES string of the molecule is O=C(O)CCOC1CCN(C(=O)NC2CCC2)CC1. The summed E-state index contributed by atoms with van der Waals surface area (Å²) in [5, 5.41) is 11.6. The lowest BCUT2D eigenvalue weighted by Gasteiger charge is -2.34. The maximum atomic E-state index is 11.9. The van der Waals surface area contributed by atoms with Crippen LogP contribution in [0.15, 0.2) is 0 Å². The van der Waals surface area contributed by atoms with E-state index in [1.165, 1.54) is 6.42 Å². The molecule has 0 radical (unpaired) electrons. The molecular weight excluding hydrogens is 248 g/mol. The molecule has 19 heavy (non-hydrogen) atoms. The van der Waals surface area contributed by atoms with E-state index < -0.39 is 5.97 Å². The molecular formula is C13H22N2O4. The molecule has 2 N–H and O–H groups in total. The van der Waals surface area contributed by atoms with Gasteiger partial charge in [-0.1, -0.05) is 0 Å². The number of aliphatic carboxylic acids is 1. The summed E-state index contributed by atoms with van der Waals surface area (Å²) in [6.45, 7) is 1.64. The summed E-state index contributed by atoms with van der Waals surface area (Å²) in [7, 11) is 0. The third-order valence-corrected chi connectivity index (χ3v) is 3.83. The van der Waals surface area contributed by atoms with E-state index in [1.54, 1.807) is 0 Å². The Morgan fingerprint density at radius 2 is 1.89 bits per heavy atom. The van der Waals surface area contributed by atoms with Gasteiger partial charge in [-0.3, -0.25) is 4.79 Å². The van der Waals surface area contributed by atoms with E-state index in [-0.39, 0.29) is 25.2 Å². The summed E-state index contributed by atoms with van der Waals surface area (Å²) >= 11 is 0. The van der Waals surface area contributed by atoms with Crippen molar-refractivity contribution in [1.82, 2.24) is 10.2 Å². The van der Waals surface area contributed by atoms with Gasteiger partial charge >= 0.3 is 12.0 Å². The molecule has 6 nitrogen and oxygen atoms in total. The zero-order valence-corrected chi connectivity index (χ0v) is 11.1. The molecule has 6 heteroatoms. The summed E-state index contributed by atoms with van der Waals surface area (Å²) in [5.74, 6) is -0.836. The van der Waals surface area contributed by atoms with E-state index in [0.29, 0.717) is 19.1 Å². The van der Waals surface area contributed by atoms with Crippen molar-refractivity contribution in [1.29, 1.82) is 0 Å². The zero-order chi connectivity index (χ0) is 13.7. The maximum Gasteiger partial charge on any atom is 0.317 e. The third-order valence-electron chi connectivity index (χ3n) is 3.83. The molecule has 2 amide bonds. The van der Waals surface area contributed by atoms with Gasteiger partial charge in [0.1, 0.15) is 0 Å². The minimum Gasteiger partial charge on any atom is -0.481 e. The van der Waals surface area contributed by atoms with Gasteiger partial charge in [0.15, 0.2) is 0 Å². The van der Waals surface area contributed by atoms with Crippen LogP contribution >= 0.6 is 0 Å². The molecule has 0 bridgehead atoms. The molecule has 0 unspecified atom stereocenters. The number of nitrogens with one attached hydrogen (secondary N) is 1. The molecule has 0 aromatic heterocycles. The van der Waals surface area contributed by atoms with E-state index in [2.05, 4.69) is 5.32 Å². The Hall–Kier alpha value is -1.30. The average Bonchev–Trinajstić information content (AvgIpc) is 2.34. The van der Waals surface area contributed by atoms with Crippen LogP contribution in [0.5, 0.6) is 0 Å². The van der Waals surface area contributed by atoms with Gasteiger partial charge in [0, 0.05) is 19.1 Å². The second-order valence-electron chi connectivity index (χ2n) is 5.28. The highest BCUT2D eigenvalue weighted by Crippen LogP contribution is 2.19. The van der Waals surface area contributed by atoms with Crippen molar-refractivity contribution < 1.29 is 19.4 Å². The number of urea groups is 1. The lowest BCUT2D eigenvalue weighted by Crippen LogP contribution is -2.50. The number of likely N-dealkylation sites (tertiary alicyclic amines) is 1. The van der Waals surface area contributed by atoms with Crippen LogP contribution < -0.4 is 5.32 Å². The molecule has 1 saturated carbocycles. The van der Waals surface area contributed by atoms with Gasteiger partial charge in [0.25, 0.3) is 0 Å². The minimum absolute atomic E-state index is 0.0358. The fourth-order valence-electron chi connectivity index (χ4n) is 2.36. The first-order valence-electron chi connectivity index (χ1n) is 7.04. The number of carboxylic acid groups (broad SMARTS) is 1. The zero-order valence-electron chi connectivity index (χ0n) is 11.1. The fraction of sp³-hybridized carbons (Fsp3) is 0.846. The van der Waals surface area contributed by atoms with Crippen LogP contribution in [-0.4, -0.2) is 53.8 Å². The van der Waals surface area contributed by atoms with Crippen molar-refractivity contribution in [2.75, 3.05) is 19.7 Å². The number of amides is 2. The number of ether oxygens (including phenoxy) is 1. The van der Waals surface area contributed by atoms with Crippen LogP contribution in [-0.2, 0) is 9.53 Å². The standard InChI is InChI=1S/C13H22N2O4/c16-12(17)6-9-19-11-4-7-15(8-5-11)13(18)14-10-2-1-3-10/h10-11H,1-9H2,(H,14,18)(H,16,17). The predicted molar refractivity (Wildman–Crippen MR) is 69.0 cm³/mol. The van der Waals surface area contributed by atoms with Crippen molar-refractivity contribution >= 4 is 12.0 Å². The fourth-order valence-corrected chi connectivity index (χ4v) is 2.36. The van der Waals surface area contributed by atoms with E-state index in [1.807, 2.05) is 4.90 Å². The Bertz CT molecular complexity index is 323. The molecule has 1 heterocycles. The lowest BCUT2D eigenvalue weighted by atomic mass is 9.93. The van der Waals surface area contributed by atoms with Gasteiger partial charge in [0.2, 0.25) is 0 Å². The normalized spacial score (nSPS) is 20.9. The van der Waals surface area contributed by atoms with Crippen LogP contribution in [0.25, 0.3) is 0 Å². The van der Waals surface area contributed by atoms with Crippen molar-refractivity contribution in [3.63, 3.8) is 0 Å². The molecule has 2 aliphatic rings. The smallest absolute Gasteiger partial charge is 0.317 e. The first kappa shape index (κ1) is 14.1. The number of hydrogen-bond acceptors (Lipinski definition) is 3. The second-order valence-corrected chi connectivity index (χ2v) is 5.28. The first-order valence-corrected chi connectivity index (χ1v) is 7.04. The minimum atomic E-state index is -0.836. The van der Waals surface area contributed by atoms with E-state index in [0.717, 1.165) is 25.7 Å². The molecule has 108 valence electrons. The molecule has 1 saturated heterocycles. The Morgan fingerprint density at radius 3 is 2.42 bits per heavy atom. The van der Waals surface area contributed by atoms with Crippen LogP contribution in [0.2, 0.25) is 0 Å². The van der Waals surface area contributed by atoms with Gasteiger partial charge < -0.3 is 20.1 Å². The quantitative estimate of drug-likeness (QED) is 0.787. The first-order chi connectivity index (χ1) is 9.15. The largest absolute Gasteiger partial charge is 0.481 e. The van der Waals surface area contributed by atoms with Crippen LogP contribution in [0.3, 0.4) is 0 Å². The summed E-state index contributed by atoms with van der Waals surface area (Å²) in [6, 6.07) is 0.408. The van der Waals surface area contributed by atoms with Gasteiger partial charge in [-0.2, -0.15) is 0 Å². The van der Waals surface area contributed by atoms with Gasteiger partial charge in [-0.05, 0) is 32.1 Å². The Kier molecular flexibility index (Phi) is 5.01. The topological polar surface area (TPSA) is 78.9 Å². The summed E-state index contributed by atoms with van der Waals surface area (Å²) in [5.41, 5.74) is 0. The Labute approximate surface area is 113 Å². The maximum absolute atomic E-state index is 11.9. The number of carboxylic acids is 1. The molecule has 1 aliphatic heterocycles. The van der Waals surface area contributed by atoms with E-state index >= 15 is 0 Å². The molecule has 2 rings (SSSR count). The number of hydrogen-bond donors (Lipinski definition) is 2. The highest BCUT2D eigenvalue weighted by atomic mass is 16.5. The number of nitrogens with zero attached hydrogens (tertiary/aromatic N) is 1. The van der Waals surface area contributed by atoms with Crippen molar-refractivity contribution in [2.24, 2.45) is 0 Å². The van der Waals surface area contributed by atoms with E-state index in [9.17, 15) is 9.59 Å². The monoisotopic (exact) mass is 270 g/mol. The van der Waals surface area contributed by atoms with Crippen LogP contribution in [0.4, 0.5) is 4.79 Å². The number of rotatable bonds is 5. The van der Waals surface area contributed by atoms with Gasteiger partial charge in [0.05, 0.1) is 19.1 Å². The highest BCUT2D eigenvalue weighted by molar-refractivity contribution is 5.74. The Balaban J connectivity index is 1.61. The molecule has 2 fully saturated rings. The molecule has 0 aromatic carbocycles. The lowest BCUT2D eigenvalue weighted by molar-refractivity contribution is -0.138. The van der Waals surface area contributed by atoms with E-state index in [4.69, 9.17) is 9.84 Å². The van der Waals surface area contributed by atoms with Gasteiger partial charge in [-0.15, -0.1) is 0 Å². The predicted octanol–water partition coefficient (Wildman–Crippen LogP) is 1.20. The number of piperidine rings is 1. The summed E-state index contributed by atoms with van der Waals surface area (Å²) in [6.07, 6.45) is 5.12. The molecule has 0 aromatic rings. The molecule has 0 spiro atoms. The number of carbonyl (C=O) groups is 2. The van der Waals surface area contributed by atoms with Crippen molar-refractivity contribution in [3.05, 3.63) is 0 Å². The van der Waals surface area contributed by atoms with Crippen molar-refractivity contribution in [2.45, 2.75) is 50.7 Å². The number of carbonyl (C=O) groups excluding carboxylic acids is 1. The van der Waals surface area contributed by atoms with Crippen LogP contribution in [0, 0.1) is 0 Å². The van der Waals surface area contributed by atoms with Crippen molar-refractivity contribution in [3.8, 4) is 0 Å². The second kappa shape index (κ2) is 6.75. The Morgan fingerprint density at radius 1 is 1.21 bits per heavy atom. The third kappa shape index (κ3) is 4.38. The van der Waals surface area contributed by atoms with Crippen LogP contribution in [0.1, 0.15) is 38.5 Å². The average molecular weight is 270 g/mol. The van der Waals surface area contributed by atoms with Gasteiger partial charge in [-0.25, -0.2) is 4.79 Å². The highest BCUT2D eigenvalue weighted by Gasteiger charge is 2.26. The molecule has 1 aliphatic carbocycles.